The molecule has 1 unspecified atom stereocenters. The van der Waals surface area contributed by atoms with Crippen molar-refractivity contribution in [1.82, 2.24) is 0 Å². The second-order valence-electron chi connectivity index (χ2n) is 2.82. The first-order valence-corrected chi connectivity index (χ1v) is 4.25. The standard InChI is InChI=1S/C9H13ClN2/c1-6-3-2-4-7(9(6)10)8(12)5-11/h2-4,8H,5,11-12H2,1H3. The van der Waals surface area contributed by atoms with Gasteiger partial charge < -0.3 is 11.5 Å². The summed E-state index contributed by atoms with van der Waals surface area (Å²) in [7, 11) is 0. The molecule has 0 aromatic heterocycles. The maximum Gasteiger partial charge on any atom is 0.0483 e. The number of halogens is 1. The number of aryl methyl sites for hydroxylation is 1. The van der Waals surface area contributed by atoms with Gasteiger partial charge in [-0.05, 0) is 18.1 Å². The Morgan fingerprint density at radius 3 is 2.75 bits per heavy atom. The first-order chi connectivity index (χ1) is 5.66. The minimum atomic E-state index is -0.155. The average Bonchev–Trinajstić information content (AvgIpc) is 2.08. The van der Waals surface area contributed by atoms with E-state index in [1.807, 2.05) is 25.1 Å². The van der Waals surface area contributed by atoms with Gasteiger partial charge in [-0.15, -0.1) is 0 Å². The summed E-state index contributed by atoms with van der Waals surface area (Å²) in [6.07, 6.45) is 0. The zero-order chi connectivity index (χ0) is 9.14. The van der Waals surface area contributed by atoms with E-state index in [0.717, 1.165) is 16.1 Å². The molecule has 1 rings (SSSR count). The third kappa shape index (κ3) is 1.78. The van der Waals surface area contributed by atoms with Crippen LogP contribution in [0.3, 0.4) is 0 Å². The molecule has 0 aliphatic carbocycles. The van der Waals surface area contributed by atoms with Gasteiger partial charge in [-0.1, -0.05) is 29.8 Å². The van der Waals surface area contributed by atoms with Crippen LogP contribution in [-0.4, -0.2) is 6.54 Å². The van der Waals surface area contributed by atoms with Gasteiger partial charge >= 0.3 is 0 Å². The highest BCUT2D eigenvalue weighted by Gasteiger charge is 2.08. The molecular weight excluding hydrogens is 172 g/mol. The van der Waals surface area contributed by atoms with Gasteiger partial charge in [-0.25, -0.2) is 0 Å². The van der Waals surface area contributed by atoms with E-state index in [2.05, 4.69) is 0 Å². The van der Waals surface area contributed by atoms with Gasteiger partial charge in [-0.3, -0.25) is 0 Å². The summed E-state index contributed by atoms with van der Waals surface area (Å²) in [6.45, 7) is 2.37. The van der Waals surface area contributed by atoms with Crippen molar-refractivity contribution >= 4 is 11.6 Å². The van der Waals surface area contributed by atoms with Crippen molar-refractivity contribution in [2.24, 2.45) is 11.5 Å². The van der Waals surface area contributed by atoms with Crippen molar-refractivity contribution in [3.05, 3.63) is 34.3 Å². The zero-order valence-corrected chi connectivity index (χ0v) is 7.81. The van der Waals surface area contributed by atoms with Gasteiger partial charge in [0.2, 0.25) is 0 Å². The highest BCUT2D eigenvalue weighted by atomic mass is 35.5. The Balaban J connectivity index is 3.07. The molecule has 0 aliphatic rings. The molecule has 1 aromatic rings. The lowest BCUT2D eigenvalue weighted by Gasteiger charge is -2.12. The van der Waals surface area contributed by atoms with Crippen LogP contribution in [0.2, 0.25) is 5.02 Å². The number of nitrogens with two attached hydrogens (primary N) is 2. The molecule has 2 nitrogen and oxygen atoms in total. The van der Waals surface area contributed by atoms with Crippen LogP contribution in [0, 0.1) is 6.92 Å². The fourth-order valence-corrected chi connectivity index (χ4v) is 1.35. The highest BCUT2D eigenvalue weighted by molar-refractivity contribution is 6.32. The van der Waals surface area contributed by atoms with Crippen LogP contribution >= 0.6 is 11.6 Å². The largest absolute Gasteiger partial charge is 0.329 e. The molecule has 66 valence electrons. The summed E-state index contributed by atoms with van der Waals surface area (Å²) in [6, 6.07) is 5.64. The molecule has 4 N–H and O–H groups in total. The number of benzene rings is 1. The van der Waals surface area contributed by atoms with Crippen molar-refractivity contribution in [2.75, 3.05) is 6.54 Å². The van der Waals surface area contributed by atoms with E-state index in [4.69, 9.17) is 23.1 Å². The molecule has 0 heterocycles. The van der Waals surface area contributed by atoms with Gasteiger partial charge in [0.15, 0.2) is 0 Å². The van der Waals surface area contributed by atoms with E-state index in [9.17, 15) is 0 Å². The predicted molar refractivity (Wildman–Crippen MR) is 52.2 cm³/mol. The molecule has 0 aliphatic heterocycles. The molecule has 3 heteroatoms. The molecule has 0 radical (unpaired) electrons. The predicted octanol–water partition coefficient (Wildman–Crippen LogP) is 1.61. The van der Waals surface area contributed by atoms with Crippen molar-refractivity contribution in [1.29, 1.82) is 0 Å². The third-order valence-corrected chi connectivity index (χ3v) is 2.39. The molecule has 1 aromatic carbocycles. The average molecular weight is 185 g/mol. The minimum Gasteiger partial charge on any atom is -0.329 e. The molecule has 0 saturated carbocycles. The fourth-order valence-electron chi connectivity index (χ4n) is 1.08. The first-order valence-electron chi connectivity index (χ1n) is 3.87. The topological polar surface area (TPSA) is 52.0 Å². The van der Waals surface area contributed by atoms with E-state index in [-0.39, 0.29) is 6.04 Å². The Morgan fingerprint density at radius 1 is 1.50 bits per heavy atom. The van der Waals surface area contributed by atoms with E-state index in [1.165, 1.54) is 0 Å². The van der Waals surface area contributed by atoms with Gasteiger partial charge in [-0.2, -0.15) is 0 Å². The lowest BCUT2D eigenvalue weighted by molar-refractivity contribution is 0.736. The summed E-state index contributed by atoms with van der Waals surface area (Å²) in [5, 5.41) is 0.732. The summed E-state index contributed by atoms with van der Waals surface area (Å²) in [4.78, 5) is 0. The Bertz CT molecular complexity index is 273. The fraction of sp³-hybridized carbons (Fsp3) is 0.333. The Labute approximate surface area is 77.5 Å². The molecule has 1 atom stereocenters. The lowest BCUT2D eigenvalue weighted by Crippen LogP contribution is -2.21. The summed E-state index contributed by atoms with van der Waals surface area (Å²) in [5.74, 6) is 0. The van der Waals surface area contributed by atoms with Crippen LogP contribution in [0.15, 0.2) is 18.2 Å². The molecule has 12 heavy (non-hydrogen) atoms. The van der Waals surface area contributed by atoms with Gasteiger partial charge in [0.1, 0.15) is 0 Å². The van der Waals surface area contributed by atoms with E-state index >= 15 is 0 Å². The van der Waals surface area contributed by atoms with Gasteiger partial charge in [0.25, 0.3) is 0 Å². The Morgan fingerprint density at radius 2 is 2.17 bits per heavy atom. The van der Waals surface area contributed by atoms with E-state index < -0.39 is 0 Å². The molecule has 0 fully saturated rings. The minimum absolute atomic E-state index is 0.155. The van der Waals surface area contributed by atoms with Gasteiger partial charge in [0.05, 0.1) is 0 Å². The monoisotopic (exact) mass is 184 g/mol. The number of hydrogen-bond acceptors (Lipinski definition) is 2. The maximum atomic E-state index is 6.03. The molecule has 0 spiro atoms. The smallest absolute Gasteiger partial charge is 0.0483 e. The Hall–Kier alpha value is -0.570. The van der Waals surface area contributed by atoms with Crippen LogP contribution in [0.25, 0.3) is 0 Å². The first kappa shape index (κ1) is 9.52. The lowest BCUT2D eigenvalue weighted by atomic mass is 10.1. The van der Waals surface area contributed by atoms with Crippen LogP contribution in [0.4, 0.5) is 0 Å². The van der Waals surface area contributed by atoms with Crippen LogP contribution in [0.1, 0.15) is 17.2 Å². The van der Waals surface area contributed by atoms with E-state index in [1.54, 1.807) is 0 Å². The molecule has 0 amide bonds. The highest BCUT2D eigenvalue weighted by Crippen LogP contribution is 2.24. The quantitative estimate of drug-likeness (QED) is 0.734. The third-order valence-electron chi connectivity index (χ3n) is 1.88. The second-order valence-corrected chi connectivity index (χ2v) is 3.20. The zero-order valence-electron chi connectivity index (χ0n) is 7.05. The van der Waals surface area contributed by atoms with Crippen LogP contribution in [0.5, 0.6) is 0 Å². The molecular formula is C9H13ClN2. The van der Waals surface area contributed by atoms with Crippen LogP contribution in [-0.2, 0) is 0 Å². The molecule has 0 bridgehead atoms. The normalized spacial score (nSPS) is 13.0. The number of hydrogen-bond donors (Lipinski definition) is 2. The SMILES string of the molecule is Cc1cccc(C(N)CN)c1Cl. The second kappa shape index (κ2) is 3.90. The molecule has 0 saturated heterocycles. The summed E-state index contributed by atoms with van der Waals surface area (Å²) >= 11 is 6.03. The summed E-state index contributed by atoms with van der Waals surface area (Å²) < 4.78 is 0. The van der Waals surface area contributed by atoms with Gasteiger partial charge in [0, 0.05) is 17.6 Å². The van der Waals surface area contributed by atoms with Crippen molar-refractivity contribution in [3.63, 3.8) is 0 Å². The van der Waals surface area contributed by atoms with Crippen molar-refractivity contribution < 1.29 is 0 Å². The van der Waals surface area contributed by atoms with E-state index in [0.29, 0.717) is 6.54 Å². The maximum absolute atomic E-state index is 6.03. The van der Waals surface area contributed by atoms with Crippen molar-refractivity contribution in [2.45, 2.75) is 13.0 Å². The summed E-state index contributed by atoms with van der Waals surface area (Å²) in [5.41, 5.74) is 13.2. The number of rotatable bonds is 2. The van der Waals surface area contributed by atoms with Crippen LogP contribution < -0.4 is 11.5 Å². The van der Waals surface area contributed by atoms with Crippen molar-refractivity contribution in [3.8, 4) is 0 Å². The Kier molecular flexibility index (Phi) is 3.09.